The standard InChI is InChI=1S/C16H23N3O2/c1-18-8-5-9-19(11-10-18)16(21)13-17-15(20)12-14-6-3-2-4-7-14/h2-4,6-7H,5,8-13H2,1H3,(H,17,20)/p+1. The zero-order valence-electron chi connectivity index (χ0n) is 12.6. The van der Waals surface area contributed by atoms with Crippen LogP contribution in [0.25, 0.3) is 0 Å². The Hall–Kier alpha value is -1.88. The summed E-state index contributed by atoms with van der Waals surface area (Å²) in [7, 11) is 2.15. The Kier molecular flexibility index (Phi) is 5.75. The lowest BCUT2D eigenvalue weighted by Crippen LogP contribution is -3.09. The van der Waals surface area contributed by atoms with E-state index < -0.39 is 0 Å². The average molecular weight is 290 g/mol. The van der Waals surface area contributed by atoms with Gasteiger partial charge in [-0.2, -0.15) is 0 Å². The van der Waals surface area contributed by atoms with Crippen LogP contribution in [0.4, 0.5) is 0 Å². The number of carbonyl (C=O) groups excluding carboxylic acids is 2. The van der Waals surface area contributed by atoms with Gasteiger partial charge in [-0.25, -0.2) is 0 Å². The normalized spacial score (nSPS) is 18.9. The van der Waals surface area contributed by atoms with Gasteiger partial charge in [0.05, 0.1) is 39.6 Å². The number of quaternary nitrogens is 1. The van der Waals surface area contributed by atoms with E-state index in [9.17, 15) is 9.59 Å². The molecule has 1 heterocycles. The molecule has 0 aliphatic carbocycles. The Morgan fingerprint density at radius 3 is 2.71 bits per heavy atom. The lowest BCUT2D eigenvalue weighted by atomic mass is 10.1. The molecule has 1 atom stereocenters. The third-order valence-corrected chi connectivity index (χ3v) is 3.84. The van der Waals surface area contributed by atoms with Crippen LogP contribution in [0, 0.1) is 0 Å². The fraction of sp³-hybridized carbons (Fsp3) is 0.500. The molecule has 1 aliphatic heterocycles. The summed E-state index contributed by atoms with van der Waals surface area (Å²) >= 11 is 0. The molecule has 1 fully saturated rings. The quantitative estimate of drug-likeness (QED) is 0.754. The second kappa shape index (κ2) is 7.78. The molecule has 0 bridgehead atoms. The molecule has 0 radical (unpaired) electrons. The minimum Gasteiger partial charge on any atom is -0.347 e. The lowest BCUT2D eigenvalue weighted by molar-refractivity contribution is -0.877. The van der Waals surface area contributed by atoms with Crippen molar-refractivity contribution in [2.75, 3.05) is 39.8 Å². The van der Waals surface area contributed by atoms with Gasteiger partial charge in [0.1, 0.15) is 0 Å². The largest absolute Gasteiger partial charge is 0.347 e. The zero-order valence-corrected chi connectivity index (χ0v) is 12.6. The second-order valence-electron chi connectivity index (χ2n) is 5.63. The van der Waals surface area contributed by atoms with E-state index in [1.807, 2.05) is 35.2 Å². The monoisotopic (exact) mass is 290 g/mol. The molecule has 2 N–H and O–H groups in total. The lowest BCUT2D eigenvalue weighted by Gasteiger charge is -2.19. The highest BCUT2D eigenvalue weighted by molar-refractivity contribution is 5.85. The van der Waals surface area contributed by atoms with Crippen molar-refractivity contribution < 1.29 is 14.5 Å². The van der Waals surface area contributed by atoms with Crippen molar-refractivity contribution in [2.24, 2.45) is 0 Å². The molecule has 1 aromatic carbocycles. The zero-order chi connectivity index (χ0) is 15.1. The first-order valence-corrected chi connectivity index (χ1v) is 7.55. The van der Waals surface area contributed by atoms with Crippen molar-refractivity contribution in [3.8, 4) is 0 Å². The van der Waals surface area contributed by atoms with Crippen molar-refractivity contribution in [2.45, 2.75) is 12.8 Å². The van der Waals surface area contributed by atoms with Gasteiger partial charge in [0.15, 0.2) is 0 Å². The SMILES string of the molecule is C[NH+]1CCCN(C(=O)CNC(=O)Cc2ccccc2)CC1. The van der Waals surface area contributed by atoms with Crippen LogP contribution in [0.2, 0.25) is 0 Å². The molecule has 1 aliphatic rings. The Labute approximate surface area is 125 Å². The molecular weight excluding hydrogens is 266 g/mol. The highest BCUT2D eigenvalue weighted by Crippen LogP contribution is 1.99. The first-order valence-electron chi connectivity index (χ1n) is 7.55. The maximum atomic E-state index is 12.1. The van der Waals surface area contributed by atoms with Crippen molar-refractivity contribution in [3.05, 3.63) is 35.9 Å². The summed E-state index contributed by atoms with van der Waals surface area (Å²) < 4.78 is 0. The van der Waals surface area contributed by atoms with Crippen LogP contribution in [0.3, 0.4) is 0 Å². The number of rotatable bonds is 4. The summed E-state index contributed by atoms with van der Waals surface area (Å²) in [6, 6.07) is 9.56. The third-order valence-electron chi connectivity index (χ3n) is 3.84. The highest BCUT2D eigenvalue weighted by atomic mass is 16.2. The topological polar surface area (TPSA) is 53.9 Å². The average Bonchev–Trinajstić information content (AvgIpc) is 2.70. The summed E-state index contributed by atoms with van der Waals surface area (Å²) in [6.45, 7) is 3.75. The number of nitrogens with zero attached hydrogens (tertiary/aromatic N) is 1. The number of carbonyl (C=O) groups is 2. The van der Waals surface area contributed by atoms with Crippen LogP contribution in [0.15, 0.2) is 30.3 Å². The van der Waals surface area contributed by atoms with Crippen LogP contribution < -0.4 is 10.2 Å². The number of nitrogens with one attached hydrogen (secondary N) is 2. The number of hydrogen-bond acceptors (Lipinski definition) is 2. The fourth-order valence-electron chi connectivity index (χ4n) is 2.51. The Bertz CT molecular complexity index is 476. The Balaban J connectivity index is 1.74. The molecule has 5 nitrogen and oxygen atoms in total. The van der Waals surface area contributed by atoms with Crippen LogP contribution in [-0.2, 0) is 16.0 Å². The fourth-order valence-corrected chi connectivity index (χ4v) is 2.51. The van der Waals surface area contributed by atoms with Gasteiger partial charge in [0.2, 0.25) is 11.8 Å². The van der Waals surface area contributed by atoms with Gasteiger partial charge in [-0.15, -0.1) is 0 Å². The molecule has 1 unspecified atom stereocenters. The maximum Gasteiger partial charge on any atom is 0.242 e. The molecule has 2 rings (SSSR count). The van der Waals surface area contributed by atoms with Crippen LogP contribution >= 0.6 is 0 Å². The minimum absolute atomic E-state index is 0.0195. The minimum atomic E-state index is -0.105. The van der Waals surface area contributed by atoms with E-state index in [2.05, 4.69) is 12.4 Å². The first kappa shape index (κ1) is 15.5. The molecule has 1 aromatic rings. The number of likely N-dealkylation sites (N-methyl/N-ethyl adjacent to an activating group) is 1. The van der Waals surface area contributed by atoms with Gasteiger partial charge in [-0.1, -0.05) is 30.3 Å². The van der Waals surface area contributed by atoms with Gasteiger partial charge in [-0.3, -0.25) is 9.59 Å². The smallest absolute Gasteiger partial charge is 0.242 e. The van der Waals surface area contributed by atoms with Crippen LogP contribution in [0.1, 0.15) is 12.0 Å². The van der Waals surface area contributed by atoms with E-state index >= 15 is 0 Å². The Morgan fingerprint density at radius 1 is 1.19 bits per heavy atom. The van der Waals surface area contributed by atoms with E-state index in [0.29, 0.717) is 6.42 Å². The molecule has 114 valence electrons. The second-order valence-corrected chi connectivity index (χ2v) is 5.63. The maximum absolute atomic E-state index is 12.1. The molecule has 5 heteroatoms. The molecule has 0 aromatic heterocycles. The summed E-state index contributed by atoms with van der Waals surface area (Å²) in [6.07, 6.45) is 1.34. The van der Waals surface area contributed by atoms with E-state index in [-0.39, 0.29) is 18.4 Å². The van der Waals surface area contributed by atoms with Gasteiger partial charge in [0, 0.05) is 13.0 Å². The van der Waals surface area contributed by atoms with Crippen molar-refractivity contribution in [3.63, 3.8) is 0 Å². The van der Waals surface area contributed by atoms with E-state index in [1.165, 1.54) is 4.90 Å². The predicted molar refractivity (Wildman–Crippen MR) is 81.0 cm³/mol. The summed E-state index contributed by atoms with van der Waals surface area (Å²) in [5.41, 5.74) is 0.961. The van der Waals surface area contributed by atoms with Crippen molar-refractivity contribution in [1.82, 2.24) is 10.2 Å². The molecule has 1 saturated heterocycles. The number of benzene rings is 1. The van der Waals surface area contributed by atoms with Crippen molar-refractivity contribution >= 4 is 11.8 Å². The molecule has 0 saturated carbocycles. The predicted octanol–water partition coefficient (Wildman–Crippen LogP) is -0.908. The van der Waals surface area contributed by atoms with Gasteiger partial charge in [0.25, 0.3) is 0 Å². The number of hydrogen-bond donors (Lipinski definition) is 2. The summed E-state index contributed by atoms with van der Waals surface area (Å²) in [5, 5.41) is 2.72. The van der Waals surface area contributed by atoms with E-state index in [0.717, 1.165) is 38.2 Å². The highest BCUT2D eigenvalue weighted by Gasteiger charge is 2.19. The van der Waals surface area contributed by atoms with Crippen LogP contribution in [0.5, 0.6) is 0 Å². The molecule has 0 spiro atoms. The van der Waals surface area contributed by atoms with Gasteiger partial charge >= 0.3 is 0 Å². The molecule has 21 heavy (non-hydrogen) atoms. The Morgan fingerprint density at radius 2 is 1.95 bits per heavy atom. The summed E-state index contributed by atoms with van der Waals surface area (Å²) in [4.78, 5) is 27.3. The van der Waals surface area contributed by atoms with E-state index in [1.54, 1.807) is 0 Å². The van der Waals surface area contributed by atoms with E-state index in [4.69, 9.17) is 0 Å². The van der Waals surface area contributed by atoms with Gasteiger partial charge < -0.3 is 15.1 Å². The van der Waals surface area contributed by atoms with Crippen molar-refractivity contribution in [1.29, 1.82) is 0 Å². The summed E-state index contributed by atoms with van der Waals surface area (Å²) in [5.74, 6) is -0.0850. The first-order chi connectivity index (χ1) is 10.1. The third kappa shape index (κ3) is 5.19. The number of amides is 2. The van der Waals surface area contributed by atoms with Gasteiger partial charge in [-0.05, 0) is 5.56 Å². The molecular formula is C16H24N3O2+. The van der Waals surface area contributed by atoms with Crippen LogP contribution in [-0.4, -0.2) is 56.5 Å². The molecule has 2 amide bonds.